The van der Waals surface area contributed by atoms with Crippen molar-refractivity contribution in [2.45, 2.75) is 32.6 Å². The maximum atomic E-state index is 11.9. The van der Waals surface area contributed by atoms with E-state index in [1.807, 2.05) is 13.0 Å². The van der Waals surface area contributed by atoms with E-state index in [9.17, 15) is 9.59 Å². The molecule has 1 rings (SSSR count). The summed E-state index contributed by atoms with van der Waals surface area (Å²) in [6.07, 6.45) is 2.28. The lowest BCUT2D eigenvalue weighted by Crippen LogP contribution is -2.15. The Bertz CT molecular complexity index is 532. The largest absolute Gasteiger partial charge is 0.481 e. The number of carbonyl (C=O) groups excluding carboxylic acids is 1. The van der Waals surface area contributed by atoms with Crippen LogP contribution >= 0.6 is 67.8 Å². The summed E-state index contributed by atoms with van der Waals surface area (Å²) in [7, 11) is 0. The van der Waals surface area contributed by atoms with Crippen LogP contribution in [0.2, 0.25) is 0 Å². The minimum atomic E-state index is -0.870. The molecule has 1 aromatic carbocycles. The van der Waals surface area contributed by atoms with Crippen molar-refractivity contribution in [2.75, 3.05) is 5.32 Å². The Labute approximate surface area is 158 Å². The average molecular weight is 613 g/mol. The number of benzene rings is 1. The number of carboxylic acid groups (broad SMARTS) is 1. The molecule has 0 saturated carbocycles. The van der Waals surface area contributed by atoms with E-state index in [4.69, 9.17) is 5.11 Å². The maximum absolute atomic E-state index is 11.9. The SMILES string of the molecule is CCCCC(=O)Nc1c(I)cc(I)c(CC(=O)O)c1I. The quantitative estimate of drug-likeness (QED) is 0.472. The van der Waals surface area contributed by atoms with Gasteiger partial charge in [-0.15, -0.1) is 0 Å². The van der Waals surface area contributed by atoms with Gasteiger partial charge in [-0.1, -0.05) is 13.3 Å². The van der Waals surface area contributed by atoms with Gasteiger partial charge in [0.2, 0.25) is 5.91 Å². The summed E-state index contributed by atoms with van der Waals surface area (Å²) in [4.78, 5) is 22.8. The number of carbonyl (C=O) groups is 2. The monoisotopic (exact) mass is 613 g/mol. The molecule has 1 amide bonds. The molecule has 0 aliphatic rings. The summed E-state index contributed by atoms with van der Waals surface area (Å²) >= 11 is 6.40. The molecule has 2 N–H and O–H groups in total. The summed E-state index contributed by atoms with van der Waals surface area (Å²) in [5.74, 6) is -0.893. The van der Waals surface area contributed by atoms with Crippen molar-refractivity contribution in [1.29, 1.82) is 0 Å². The molecule has 7 heteroatoms. The van der Waals surface area contributed by atoms with Crippen LogP contribution in [0.1, 0.15) is 31.7 Å². The molecule has 4 nitrogen and oxygen atoms in total. The number of nitrogens with one attached hydrogen (secondary N) is 1. The normalized spacial score (nSPS) is 10.4. The van der Waals surface area contributed by atoms with E-state index in [2.05, 4.69) is 73.1 Å². The Morgan fingerprint density at radius 2 is 1.90 bits per heavy atom. The van der Waals surface area contributed by atoms with Gasteiger partial charge >= 0.3 is 5.97 Å². The van der Waals surface area contributed by atoms with E-state index in [0.717, 1.165) is 34.8 Å². The van der Waals surface area contributed by atoms with E-state index >= 15 is 0 Å². The van der Waals surface area contributed by atoms with Gasteiger partial charge in [0.15, 0.2) is 0 Å². The maximum Gasteiger partial charge on any atom is 0.307 e. The lowest BCUT2D eigenvalue weighted by molar-refractivity contribution is -0.136. The number of aliphatic carboxylic acids is 1. The summed E-state index contributed by atoms with van der Waals surface area (Å²) in [5, 5.41) is 11.9. The van der Waals surface area contributed by atoms with Gasteiger partial charge in [0.05, 0.1) is 12.1 Å². The van der Waals surface area contributed by atoms with Crippen molar-refractivity contribution >= 4 is 85.3 Å². The van der Waals surface area contributed by atoms with Gasteiger partial charge in [-0.05, 0) is 85.8 Å². The molecule has 0 saturated heterocycles. The van der Waals surface area contributed by atoms with Crippen LogP contribution < -0.4 is 5.32 Å². The molecule has 0 unspecified atom stereocenters. The molecular formula is C13H14I3NO3. The Morgan fingerprint density at radius 1 is 1.25 bits per heavy atom. The van der Waals surface area contributed by atoms with Crippen LogP contribution in [0.15, 0.2) is 6.07 Å². The number of unbranched alkanes of at least 4 members (excludes halogenated alkanes) is 1. The van der Waals surface area contributed by atoms with Crippen LogP contribution in [0.5, 0.6) is 0 Å². The Hall–Kier alpha value is 0.350. The highest BCUT2D eigenvalue weighted by molar-refractivity contribution is 14.1. The van der Waals surface area contributed by atoms with Crippen LogP contribution in [0.4, 0.5) is 5.69 Å². The molecule has 1 aromatic rings. The molecular weight excluding hydrogens is 599 g/mol. The fraction of sp³-hybridized carbons (Fsp3) is 0.385. The van der Waals surface area contributed by atoms with E-state index < -0.39 is 5.97 Å². The first-order valence-electron chi connectivity index (χ1n) is 6.04. The molecule has 0 heterocycles. The first kappa shape index (κ1) is 18.4. The zero-order chi connectivity index (χ0) is 15.3. The van der Waals surface area contributed by atoms with Crippen molar-refractivity contribution in [3.8, 4) is 0 Å². The second-order valence-corrected chi connectivity index (χ2v) is 7.63. The van der Waals surface area contributed by atoms with Crippen molar-refractivity contribution in [2.24, 2.45) is 0 Å². The third-order valence-corrected chi connectivity index (χ3v) is 5.62. The molecule has 0 radical (unpaired) electrons. The molecule has 20 heavy (non-hydrogen) atoms. The lowest BCUT2D eigenvalue weighted by atomic mass is 10.1. The molecule has 110 valence electrons. The van der Waals surface area contributed by atoms with Gasteiger partial charge in [-0.2, -0.15) is 0 Å². The fourth-order valence-corrected chi connectivity index (χ4v) is 5.62. The third kappa shape index (κ3) is 5.28. The van der Waals surface area contributed by atoms with Gasteiger partial charge in [-0.3, -0.25) is 9.59 Å². The fourth-order valence-electron chi connectivity index (χ4n) is 1.60. The van der Waals surface area contributed by atoms with E-state index in [0.29, 0.717) is 6.42 Å². The first-order valence-corrected chi connectivity index (χ1v) is 9.28. The number of carboxylic acids is 1. The van der Waals surface area contributed by atoms with Crippen LogP contribution in [0.3, 0.4) is 0 Å². The average Bonchev–Trinajstić information content (AvgIpc) is 2.37. The second kappa shape index (κ2) is 8.71. The van der Waals surface area contributed by atoms with Crippen LogP contribution in [-0.2, 0) is 16.0 Å². The lowest BCUT2D eigenvalue weighted by Gasteiger charge is -2.14. The van der Waals surface area contributed by atoms with Gasteiger partial charge in [0, 0.05) is 17.1 Å². The minimum absolute atomic E-state index is 0.0230. The van der Waals surface area contributed by atoms with Crippen molar-refractivity contribution in [3.05, 3.63) is 22.3 Å². The standard InChI is InChI=1S/C13H14I3NO3/c1-2-3-4-10(18)17-13-9(15)6-8(14)7(12(13)16)5-11(19)20/h6H,2-5H2,1H3,(H,17,18)(H,19,20). The van der Waals surface area contributed by atoms with Crippen molar-refractivity contribution in [3.63, 3.8) is 0 Å². The first-order chi connectivity index (χ1) is 9.36. The number of hydrogen-bond donors (Lipinski definition) is 2. The molecule has 0 aromatic heterocycles. The van der Waals surface area contributed by atoms with E-state index in [-0.39, 0.29) is 12.3 Å². The number of anilines is 1. The molecule has 0 aliphatic carbocycles. The van der Waals surface area contributed by atoms with Crippen LogP contribution in [0, 0.1) is 10.7 Å². The highest BCUT2D eigenvalue weighted by Gasteiger charge is 2.17. The van der Waals surface area contributed by atoms with Gasteiger partial charge in [0.1, 0.15) is 0 Å². The Morgan fingerprint density at radius 3 is 2.45 bits per heavy atom. The van der Waals surface area contributed by atoms with E-state index in [1.165, 1.54) is 0 Å². The summed E-state index contributed by atoms with van der Waals surface area (Å²) in [6, 6.07) is 1.90. The molecule has 0 aliphatic heterocycles. The zero-order valence-electron chi connectivity index (χ0n) is 10.8. The molecule has 0 bridgehead atoms. The molecule has 0 atom stereocenters. The Balaban J connectivity index is 3.06. The smallest absolute Gasteiger partial charge is 0.307 e. The van der Waals surface area contributed by atoms with Crippen molar-refractivity contribution < 1.29 is 14.7 Å². The number of halogens is 3. The predicted molar refractivity (Wildman–Crippen MR) is 104 cm³/mol. The predicted octanol–water partition coefficient (Wildman–Crippen LogP) is 4.26. The van der Waals surface area contributed by atoms with Crippen LogP contribution in [-0.4, -0.2) is 17.0 Å². The summed E-state index contributed by atoms with van der Waals surface area (Å²) in [6.45, 7) is 2.04. The highest BCUT2D eigenvalue weighted by atomic mass is 127. The Kier molecular flexibility index (Phi) is 8.01. The minimum Gasteiger partial charge on any atom is -0.481 e. The second-order valence-electron chi connectivity index (χ2n) is 4.23. The number of rotatable bonds is 6. The third-order valence-electron chi connectivity index (χ3n) is 2.61. The molecule has 0 spiro atoms. The topological polar surface area (TPSA) is 66.4 Å². The summed E-state index contributed by atoms with van der Waals surface area (Å²) < 4.78 is 2.65. The number of hydrogen-bond acceptors (Lipinski definition) is 2. The van der Waals surface area contributed by atoms with Gasteiger partial charge in [-0.25, -0.2) is 0 Å². The molecule has 0 fully saturated rings. The van der Waals surface area contributed by atoms with E-state index in [1.54, 1.807) is 0 Å². The highest BCUT2D eigenvalue weighted by Crippen LogP contribution is 2.32. The van der Waals surface area contributed by atoms with Gasteiger partial charge in [0.25, 0.3) is 0 Å². The van der Waals surface area contributed by atoms with Crippen molar-refractivity contribution in [1.82, 2.24) is 0 Å². The number of amides is 1. The van der Waals surface area contributed by atoms with Crippen LogP contribution in [0.25, 0.3) is 0 Å². The van der Waals surface area contributed by atoms with Gasteiger partial charge < -0.3 is 10.4 Å². The summed E-state index contributed by atoms with van der Waals surface area (Å²) in [5.41, 5.74) is 1.48. The zero-order valence-corrected chi connectivity index (χ0v) is 17.3.